The Labute approximate surface area is 241 Å². The molecule has 0 unspecified atom stereocenters. The molecule has 4 heterocycles. The summed E-state index contributed by atoms with van der Waals surface area (Å²) in [7, 11) is 4.08. The number of para-hydroxylation sites is 1. The fraction of sp³-hybridized carbons (Fsp3) is 0.406. The van der Waals surface area contributed by atoms with Crippen molar-refractivity contribution in [1.29, 1.82) is 0 Å². The highest BCUT2D eigenvalue weighted by Gasteiger charge is 2.37. The fourth-order valence-corrected chi connectivity index (χ4v) is 5.70. The molecule has 2 N–H and O–H groups in total. The summed E-state index contributed by atoms with van der Waals surface area (Å²) in [6.07, 6.45) is 7.17. The molecular weight excluding hydrogens is 518 g/mol. The molecule has 0 atom stereocenters. The van der Waals surface area contributed by atoms with Crippen LogP contribution in [0.2, 0.25) is 0 Å². The van der Waals surface area contributed by atoms with Gasteiger partial charge in [0.05, 0.1) is 18.7 Å². The number of ether oxygens (including phenoxy) is 2. The van der Waals surface area contributed by atoms with Crippen LogP contribution in [0.5, 0.6) is 17.2 Å². The van der Waals surface area contributed by atoms with E-state index >= 15 is 0 Å². The molecule has 0 aliphatic carbocycles. The number of nitrogens with zero attached hydrogens (tertiary/aromatic N) is 4. The van der Waals surface area contributed by atoms with Crippen LogP contribution >= 0.6 is 0 Å². The molecule has 2 fully saturated rings. The lowest BCUT2D eigenvalue weighted by molar-refractivity contribution is -0.118. The van der Waals surface area contributed by atoms with Gasteiger partial charge in [0.2, 0.25) is 5.91 Å². The molecular formula is C32H39N5O4. The van der Waals surface area contributed by atoms with Gasteiger partial charge in [-0.25, -0.2) is 0 Å². The number of primary amides is 1. The van der Waals surface area contributed by atoms with Gasteiger partial charge < -0.3 is 29.9 Å². The van der Waals surface area contributed by atoms with Gasteiger partial charge in [0, 0.05) is 38.1 Å². The van der Waals surface area contributed by atoms with E-state index in [2.05, 4.69) is 34.0 Å². The summed E-state index contributed by atoms with van der Waals surface area (Å²) in [4.78, 5) is 33.5. The van der Waals surface area contributed by atoms with Gasteiger partial charge in [0.15, 0.2) is 0 Å². The van der Waals surface area contributed by atoms with E-state index in [9.17, 15) is 9.59 Å². The number of nitrogens with two attached hydrogens (primary N) is 1. The van der Waals surface area contributed by atoms with Crippen LogP contribution in [-0.4, -0.2) is 68.6 Å². The van der Waals surface area contributed by atoms with E-state index in [1.165, 1.54) is 56.7 Å². The summed E-state index contributed by atoms with van der Waals surface area (Å²) in [6.45, 7) is 5.17. The van der Waals surface area contributed by atoms with Crippen molar-refractivity contribution in [2.24, 2.45) is 11.1 Å². The Balaban J connectivity index is 0.000000182. The van der Waals surface area contributed by atoms with E-state index in [4.69, 9.17) is 15.2 Å². The molecule has 3 aliphatic rings. The highest BCUT2D eigenvalue weighted by Crippen LogP contribution is 2.43. The maximum Gasteiger partial charge on any atom is 0.267 e. The molecule has 0 bridgehead atoms. The summed E-state index contributed by atoms with van der Waals surface area (Å²) in [5.41, 5.74) is 7.98. The van der Waals surface area contributed by atoms with Gasteiger partial charge in [-0.05, 0) is 87.6 Å². The zero-order valence-electron chi connectivity index (χ0n) is 23.9. The Bertz CT molecular complexity index is 1350. The predicted molar refractivity (Wildman–Crippen MR) is 160 cm³/mol. The number of amides is 2. The van der Waals surface area contributed by atoms with Crippen molar-refractivity contribution in [3.8, 4) is 17.2 Å². The van der Waals surface area contributed by atoms with Crippen molar-refractivity contribution in [3.05, 3.63) is 72.6 Å². The number of carbonyl (C=O) groups excluding carboxylic acids is 2. The number of hydrogen-bond acceptors (Lipinski definition) is 7. The Morgan fingerprint density at radius 1 is 0.927 bits per heavy atom. The molecule has 0 saturated carbocycles. The number of rotatable bonds is 4. The normalized spacial score (nSPS) is 18.4. The number of benzene rings is 2. The fourth-order valence-electron chi connectivity index (χ4n) is 5.70. The second-order valence-electron chi connectivity index (χ2n) is 11.1. The molecule has 3 aliphatic heterocycles. The third-order valence-corrected chi connectivity index (χ3v) is 8.45. The van der Waals surface area contributed by atoms with Crippen LogP contribution in [0.4, 0.5) is 11.4 Å². The average molecular weight is 558 g/mol. The van der Waals surface area contributed by atoms with E-state index < -0.39 is 5.91 Å². The molecule has 2 amide bonds. The zero-order chi connectivity index (χ0) is 28.8. The van der Waals surface area contributed by atoms with Crippen molar-refractivity contribution in [2.75, 3.05) is 56.7 Å². The summed E-state index contributed by atoms with van der Waals surface area (Å²) in [5, 5.41) is 0. The quantitative estimate of drug-likeness (QED) is 0.496. The molecule has 3 aromatic rings. The van der Waals surface area contributed by atoms with Crippen molar-refractivity contribution < 1.29 is 19.1 Å². The highest BCUT2D eigenvalue weighted by atomic mass is 16.5. The van der Waals surface area contributed by atoms with Crippen LogP contribution in [0.3, 0.4) is 0 Å². The molecule has 216 valence electrons. The van der Waals surface area contributed by atoms with Gasteiger partial charge >= 0.3 is 0 Å². The molecule has 9 nitrogen and oxygen atoms in total. The van der Waals surface area contributed by atoms with E-state index in [-0.39, 0.29) is 11.6 Å². The van der Waals surface area contributed by atoms with Crippen LogP contribution in [0, 0.1) is 5.41 Å². The highest BCUT2D eigenvalue weighted by molar-refractivity contribution is 5.95. The SMILES string of the molecule is CN1CCC2(CC1)CCN(c1ccc3c(c1)N(C)C(=O)CCO3)CC2.NC(=O)c1cc(Oc2ccccc2)ccn1. The molecule has 1 spiro atoms. The summed E-state index contributed by atoms with van der Waals surface area (Å²) >= 11 is 0. The molecule has 1 aromatic heterocycles. The van der Waals surface area contributed by atoms with Crippen molar-refractivity contribution in [3.63, 3.8) is 0 Å². The summed E-state index contributed by atoms with van der Waals surface area (Å²) < 4.78 is 11.3. The van der Waals surface area contributed by atoms with E-state index in [0.717, 1.165) is 24.5 Å². The second kappa shape index (κ2) is 12.6. The van der Waals surface area contributed by atoms with Crippen LogP contribution in [-0.2, 0) is 4.79 Å². The number of anilines is 2. The lowest BCUT2D eigenvalue weighted by Gasteiger charge is -2.47. The van der Waals surface area contributed by atoms with E-state index in [1.54, 1.807) is 11.0 Å². The predicted octanol–water partition coefficient (Wildman–Crippen LogP) is 4.72. The third-order valence-electron chi connectivity index (χ3n) is 8.45. The second-order valence-corrected chi connectivity index (χ2v) is 11.1. The number of pyridine rings is 1. The first-order chi connectivity index (χ1) is 19.8. The number of fused-ring (bicyclic) bond motifs is 1. The number of aromatic nitrogens is 1. The van der Waals surface area contributed by atoms with Gasteiger partial charge in [-0.1, -0.05) is 18.2 Å². The van der Waals surface area contributed by atoms with Crippen molar-refractivity contribution in [1.82, 2.24) is 9.88 Å². The molecule has 41 heavy (non-hydrogen) atoms. The smallest absolute Gasteiger partial charge is 0.267 e. The van der Waals surface area contributed by atoms with E-state index in [0.29, 0.717) is 29.9 Å². The first-order valence-electron chi connectivity index (χ1n) is 14.3. The first kappa shape index (κ1) is 28.4. The number of piperidine rings is 2. The average Bonchev–Trinajstić information content (AvgIpc) is 3.13. The van der Waals surface area contributed by atoms with Gasteiger partial charge in [-0.15, -0.1) is 0 Å². The maximum atomic E-state index is 12.1. The standard InChI is InChI=1S/C20H29N3O2.C12H10N2O2/c1-21-10-6-20(7-11-21)8-12-23(13-9-20)16-3-4-18-17(15-16)22(2)19(24)5-14-25-18;13-12(15)11-8-10(6-7-14-11)16-9-4-2-1-3-5-9/h3-4,15H,5-14H2,1-2H3;1-8H,(H2,13,15). The van der Waals surface area contributed by atoms with Crippen molar-refractivity contribution >= 4 is 23.2 Å². The molecule has 2 saturated heterocycles. The largest absolute Gasteiger partial charge is 0.491 e. The zero-order valence-corrected chi connectivity index (χ0v) is 23.9. The summed E-state index contributed by atoms with van der Waals surface area (Å²) in [6, 6.07) is 18.8. The lowest BCUT2D eigenvalue weighted by atomic mass is 9.71. The molecule has 2 aromatic carbocycles. The van der Waals surface area contributed by atoms with Gasteiger partial charge in [-0.3, -0.25) is 14.6 Å². The Kier molecular flexibility index (Phi) is 8.73. The Morgan fingerprint density at radius 2 is 1.63 bits per heavy atom. The Morgan fingerprint density at radius 3 is 2.34 bits per heavy atom. The number of hydrogen-bond donors (Lipinski definition) is 1. The Hall–Kier alpha value is -4.11. The lowest BCUT2D eigenvalue weighted by Crippen LogP contribution is -2.46. The molecule has 6 rings (SSSR count). The topological polar surface area (TPSA) is 101 Å². The maximum absolute atomic E-state index is 12.1. The number of likely N-dealkylation sites (tertiary alicyclic amines) is 1. The minimum Gasteiger partial charge on any atom is -0.491 e. The van der Waals surface area contributed by atoms with Crippen LogP contribution in [0.1, 0.15) is 42.6 Å². The number of carbonyl (C=O) groups is 2. The minimum absolute atomic E-state index is 0.125. The van der Waals surface area contributed by atoms with Crippen LogP contribution < -0.4 is 25.0 Å². The molecule has 9 heteroatoms. The third kappa shape index (κ3) is 6.97. The van der Waals surface area contributed by atoms with Gasteiger partial charge in [0.25, 0.3) is 5.91 Å². The van der Waals surface area contributed by atoms with Crippen LogP contribution in [0.15, 0.2) is 66.9 Å². The molecule has 0 radical (unpaired) electrons. The van der Waals surface area contributed by atoms with E-state index in [1.807, 2.05) is 43.4 Å². The minimum atomic E-state index is -0.571. The first-order valence-corrected chi connectivity index (χ1v) is 14.3. The van der Waals surface area contributed by atoms with Gasteiger partial charge in [-0.2, -0.15) is 0 Å². The van der Waals surface area contributed by atoms with Gasteiger partial charge in [0.1, 0.15) is 22.9 Å². The van der Waals surface area contributed by atoms with Crippen molar-refractivity contribution in [2.45, 2.75) is 32.1 Å². The van der Waals surface area contributed by atoms with Crippen LogP contribution in [0.25, 0.3) is 0 Å². The summed E-state index contributed by atoms with van der Waals surface area (Å²) in [5.74, 6) is 1.61. The monoisotopic (exact) mass is 557 g/mol.